The fraction of sp³-hybridized carbons (Fsp3) is 0.750. The van der Waals surface area contributed by atoms with Crippen molar-refractivity contribution in [3.8, 4) is 0 Å². The summed E-state index contributed by atoms with van der Waals surface area (Å²) < 4.78 is 0. The molecule has 25 heavy (non-hydrogen) atoms. The molecule has 3 amide bonds. The first kappa shape index (κ1) is 22.8. The Bertz CT molecular complexity index is 487. The third-order valence-corrected chi connectivity index (χ3v) is 3.09. The molecule has 0 saturated carbocycles. The van der Waals surface area contributed by atoms with Gasteiger partial charge < -0.3 is 16.2 Å². The minimum atomic E-state index is -1.19. The van der Waals surface area contributed by atoms with Gasteiger partial charge in [0.2, 0.25) is 18.2 Å². The van der Waals surface area contributed by atoms with Gasteiger partial charge in [0.25, 0.3) is 0 Å². The molecule has 4 N–H and O–H groups in total. The highest BCUT2D eigenvalue weighted by atomic mass is 16.7. The van der Waals surface area contributed by atoms with Crippen LogP contribution >= 0.6 is 0 Å². The van der Waals surface area contributed by atoms with Crippen LogP contribution in [0.15, 0.2) is 0 Å². The summed E-state index contributed by atoms with van der Waals surface area (Å²) in [5.41, 5.74) is 4.53. The Morgan fingerprint density at radius 1 is 1.28 bits per heavy atom. The zero-order chi connectivity index (χ0) is 19.8. The highest BCUT2D eigenvalue weighted by Crippen LogP contribution is 2.16. The van der Waals surface area contributed by atoms with Crippen LogP contribution < -0.4 is 11.1 Å². The van der Waals surface area contributed by atoms with Crippen LogP contribution in [-0.4, -0.2) is 52.0 Å². The molecule has 0 heterocycles. The summed E-state index contributed by atoms with van der Waals surface area (Å²) in [7, 11) is 0. The van der Waals surface area contributed by atoms with Gasteiger partial charge in [-0.25, -0.2) is 5.06 Å². The SMILES string of the molecule is CC(C)C[C@H](NC(=O)[C@H](CCC(=O)O)N(C=O)OC(C)(C)C)C(N)=O. The van der Waals surface area contributed by atoms with E-state index in [1.54, 1.807) is 20.8 Å². The lowest BCUT2D eigenvalue weighted by Crippen LogP contribution is -2.54. The van der Waals surface area contributed by atoms with Crippen molar-refractivity contribution in [3.05, 3.63) is 0 Å². The van der Waals surface area contributed by atoms with Crippen molar-refractivity contribution >= 4 is 24.2 Å². The van der Waals surface area contributed by atoms with Gasteiger partial charge in [0.05, 0.1) is 5.60 Å². The van der Waals surface area contributed by atoms with E-state index >= 15 is 0 Å². The molecule has 9 heteroatoms. The monoisotopic (exact) mass is 359 g/mol. The Balaban J connectivity index is 5.34. The second kappa shape index (κ2) is 9.97. The number of carboxylic acids is 1. The molecule has 0 aromatic carbocycles. The molecule has 0 rings (SSSR count). The van der Waals surface area contributed by atoms with E-state index in [2.05, 4.69) is 5.32 Å². The van der Waals surface area contributed by atoms with Crippen LogP contribution in [0.2, 0.25) is 0 Å². The van der Waals surface area contributed by atoms with E-state index in [1.165, 1.54) is 0 Å². The third kappa shape index (κ3) is 9.65. The van der Waals surface area contributed by atoms with Crippen LogP contribution in [0.1, 0.15) is 53.9 Å². The van der Waals surface area contributed by atoms with Gasteiger partial charge >= 0.3 is 5.97 Å². The van der Waals surface area contributed by atoms with Crippen molar-refractivity contribution in [2.24, 2.45) is 11.7 Å². The molecule has 0 aliphatic heterocycles. The standard InChI is InChI=1S/C16H29N3O6/c1-10(2)8-11(14(17)23)18-15(24)12(6-7-13(21)22)19(9-20)25-16(3,4)5/h9-12H,6-8H2,1-5H3,(H2,17,23)(H,18,24)(H,21,22)/t11-,12-/m0/s1. The molecule has 0 aromatic rings. The predicted molar refractivity (Wildman–Crippen MR) is 90.0 cm³/mol. The maximum Gasteiger partial charge on any atom is 0.303 e. The molecule has 0 bridgehead atoms. The Morgan fingerprint density at radius 3 is 2.20 bits per heavy atom. The fourth-order valence-electron chi connectivity index (χ4n) is 2.09. The molecule has 9 nitrogen and oxygen atoms in total. The smallest absolute Gasteiger partial charge is 0.303 e. The van der Waals surface area contributed by atoms with Crippen LogP contribution in [0.5, 0.6) is 0 Å². The first-order valence-electron chi connectivity index (χ1n) is 8.11. The van der Waals surface area contributed by atoms with Crippen molar-refractivity contribution < 1.29 is 29.1 Å². The van der Waals surface area contributed by atoms with Crippen molar-refractivity contribution in [2.75, 3.05) is 0 Å². The average molecular weight is 359 g/mol. The van der Waals surface area contributed by atoms with Gasteiger partial charge in [0, 0.05) is 6.42 Å². The molecular weight excluding hydrogens is 330 g/mol. The van der Waals surface area contributed by atoms with Crippen molar-refractivity contribution in [1.29, 1.82) is 0 Å². The van der Waals surface area contributed by atoms with Crippen LogP contribution in [-0.2, 0) is 24.0 Å². The summed E-state index contributed by atoms with van der Waals surface area (Å²) in [5.74, 6) is -2.41. The molecule has 0 unspecified atom stereocenters. The van der Waals surface area contributed by atoms with Crippen LogP contribution in [0.3, 0.4) is 0 Å². The molecule has 2 atom stereocenters. The van der Waals surface area contributed by atoms with Crippen LogP contribution in [0.25, 0.3) is 0 Å². The minimum Gasteiger partial charge on any atom is -0.481 e. The lowest BCUT2D eigenvalue weighted by Gasteiger charge is -2.32. The van der Waals surface area contributed by atoms with E-state index in [-0.39, 0.29) is 18.8 Å². The number of nitrogens with one attached hydrogen (secondary N) is 1. The van der Waals surface area contributed by atoms with Gasteiger partial charge in [-0.2, -0.15) is 0 Å². The van der Waals surface area contributed by atoms with Gasteiger partial charge in [-0.1, -0.05) is 13.8 Å². The maximum atomic E-state index is 12.5. The number of primary amides is 1. The Labute approximate surface area is 147 Å². The second-order valence-corrected chi connectivity index (χ2v) is 7.21. The molecule has 0 saturated heterocycles. The van der Waals surface area contributed by atoms with E-state index in [4.69, 9.17) is 15.7 Å². The summed E-state index contributed by atoms with van der Waals surface area (Å²) in [4.78, 5) is 51.7. The van der Waals surface area contributed by atoms with Gasteiger partial charge in [-0.3, -0.25) is 24.0 Å². The number of nitrogens with two attached hydrogens (primary N) is 1. The average Bonchev–Trinajstić information content (AvgIpc) is 2.43. The molecular formula is C16H29N3O6. The number of carboxylic acid groups (broad SMARTS) is 1. The molecule has 0 aliphatic rings. The number of carbonyl (C=O) groups is 4. The van der Waals surface area contributed by atoms with Crippen molar-refractivity contribution in [1.82, 2.24) is 10.4 Å². The van der Waals surface area contributed by atoms with Crippen LogP contribution in [0.4, 0.5) is 0 Å². The Hall–Kier alpha value is -2.16. The molecule has 0 spiro atoms. The summed E-state index contributed by atoms with van der Waals surface area (Å²) in [6.45, 7) is 8.77. The zero-order valence-corrected chi connectivity index (χ0v) is 15.4. The van der Waals surface area contributed by atoms with E-state index in [0.29, 0.717) is 12.8 Å². The molecule has 0 aromatic heterocycles. The normalized spacial score (nSPS) is 13.8. The Kier molecular flexibility index (Phi) is 9.11. The van der Waals surface area contributed by atoms with Gasteiger partial charge in [0.1, 0.15) is 12.1 Å². The number of nitrogens with zero attached hydrogens (tertiary/aromatic N) is 1. The summed E-state index contributed by atoms with van der Waals surface area (Å²) in [6.07, 6.45) is 0.136. The number of hydrogen-bond acceptors (Lipinski definition) is 5. The summed E-state index contributed by atoms with van der Waals surface area (Å²) in [5, 5.41) is 12.1. The van der Waals surface area contributed by atoms with E-state index in [9.17, 15) is 19.2 Å². The maximum absolute atomic E-state index is 12.5. The highest BCUT2D eigenvalue weighted by molar-refractivity contribution is 5.90. The van der Waals surface area contributed by atoms with Gasteiger partial charge in [0.15, 0.2) is 0 Å². The number of amides is 3. The number of hydrogen-bond donors (Lipinski definition) is 3. The first-order chi connectivity index (χ1) is 11.4. The molecule has 144 valence electrons. The fourth-order valence-corrected chi connectivity index (χ4v) is 2.09. The Morgan fingerprint density at radius 2 is 1.84 bits per heavy atom. The minimum absolute atomic E-state index is 0.100. The largest absolute Gasteiger partial charge is 0.481 e. The zero-order valence-electron chi connectivity index (χ0n) is 15.4. The van der Waals surface area contributed by atoms with Gasteiger partial charge in [-0.05, 0) is 39.5 Å². The van der Waals surface area contributed by atoms with E-state index < -0.39 is 35.5 Å². The number of hydroxylamine groups is 2. The van der Waals surface area contributed by atoms with Crippen molar-refractivity contribution in [3.63, 3.8) is 0 Å². The molecule has 0 fully saturated rings. The summed E-state index contributed by atoms with van der Waals surface area (Å²) >= 11 is 0. The van der Waals surface area contributed by atoms with Crippen LogP contribution in [0, 0.1) is 5.92 Å². The lowest BCUT2D eigenvalue weighted by molar-refractivity contribution is -0.232. The number of rotatable bonds is 11. The third-order valence-electron chi connectivity index (χ3n) is 3.09. The first-order valence-corrected chi connectivity index (χ1v) is 8.11. The topological polar surface area (TPSA) is 139 Å². The van der Waals surface area contributed by atoms with E-state index in [1.807, 2.05) is 13.8 Å². The molecule has 0 radical (unpaired) electrons. The summed E-state index contributed by atoms with van der Waals surface area (Å²) in [6, 6.07) is -2.11. The lowest BCUT2D eigenvalue weighted by atomic mass is 10.0. The highest BCUT2D eigenvalue weighted by Gasteiger charge is 2.32. The molecule has 0 aliphatic carbocycles. The number of carbonyl (C=O) groups excluding carboxylic acids is 3. The number of aliphatic carboxylic acids is 1. The predicted octanol–water partition coefficient (Wildman–Crippen LogP) is 0.425. The second-order valence-electron chi connectivity index (χ2n) is 7.21. The van der Waals surface area contributed by atoms with E-state index in [0.717, 1.165) is 5.06 Å². The van der Waals surface area contributed by atoms with Gasteiger partial charge in [-0.15, -0.1) is 0 Å². The quantitative estimate of drug-likeness (QED) is 0.361. The van der Waals surface area contributed by atoms with Crippen molar-refractivity contribution in [2.45, 2.75) is 71.6 Å².